The van der Waals surface area contributed by atoms with Crippen LogP contribution < -0.4 is 9.47 Å². The molecule has 6 nitrogen and oxygen atoms in total. The first-order valence-corrected chi connectivity index (χ1v) is 8.52. The second kappa shape index (κ2) is 7.66. The second-order valence-corrected chi connectivity index (χ2v) is 6.09. The summed E-state index contributed by atoms with van der Waals surface area (Å²) in [6, 6.07) is 6.32. The Morgan fingerprint density at radius 2 is 2.17 bits per heavy atom. The van der Waals surface area contributed by atoms with Gasteiger partial charge in [-0.3, -0.25) is 4.90 Å². The number of aryl methyl sites for hydroxylation is 1. The van der Waals surface area contributed by atoms with E-state index in [4.69, 9.17) is 14.0 Å². The highest BCUT2D eigenvalue weighted by Crippen LogP contribution is 2.39. The summed E-state index contributed by atoms with van der Waals surface area (Å²) in [6.07, 6.45) is 4.13. The second-order valence-electron chi connectivity index (χ2n) is 6.09. The first kappa shape index (κ1) is 16.8. The van der Waals surface area contributed by atoms with E-state index in [0.29, 0.717) is 18.5 Å². The smallest absolute Gasteiger partial charge is 0.240 e. The molecule has 0 aliphatic carbocycles. The predicted molar refractivity (Wildman–Crippen MR) is 90.2 cm³/mol. The van der Waals surface area contributed by atoms with Gasteiger partial charge in [0.05, 0.1) is 20.8 Å². The van der Waals surface area contributed by atoms with Crippen LogP contribution >= 0.6 is 0 Å². The van der Waals surface area contributed by atoms with E-state index < -0.39 is 0 Å². The zero-order valence-electron chi connectivity index (χ0n) is 14.6. The number of aromatic nitrogens is 2. The first-order valence-electron chi connectivity index (χ1n) is 8.52. The zero-order chi connectivity index (χ0) is 16.9. The molecular weight excluding hydrogens is 306 g/mol. The molecule has 130 valence electrons. The van der Waals surface area contributed by atoms with E-state index >= 15 is 0 Å². The lowest BCUT2D eigenvalue weighted by Crippen LogP contribution is -2.23. The minimum Gasteiger partial charge on any atom is -0.497 e. The van der Waals surface area contributed by atoms with Gasteiger partial charge in [0, 0.05) is 24.1 Å². The van der Waals surface area contributed by atoms with E-state index in [0.717, 1.165) is 49.6 Å². The van der Waals surface area contributed by atoms with Gasteiger partial charge in [-0.05, 0) is 31.9 Å². The molecule has 6 heteroatoms. The Morgan fingerprint density at radius 3 is 2.92 bits per heavy atom. The van der Waals surface area contributed by atoms with Crippen LogP contribution in [0.15, 0.2) is 22.7 Å². The molecule has 1 aliphatic heterocycles. The molecule has 1 fully saturated rings. The number of benzene rings is 1. The fraction of sp³-hybridized carbons (Fsp3) is 0.556. The third kappa shape index (κ3) is 3.53. The number of nitrogens with zero attached hydrogens (tertiary/aromatic N) is 3. The molecule has 0 radical (unpaired) electrons. The Balaban J connectivity index is 1.77. The fourth-order valence-electron chi connectivity index (χ4n) is 3.31. The average molecular weight is 331 g/mol. The number of ether oxygens (including phenoxy) is 2. The maximum atomic E-state index is 5.58. The Bertz CT molecular complexity index is 671. The SMILES string of the molecule is CCCc1noc(CN2CCCC2c2ccc(OC)cc2OC)n1. The quantitative estimate of drug-likeness (QED) is 0.775. The molecule has 0 N–H and O–H groups in total. The number of hydrogen-bond acceptors (Lipinski definition) is 6. The molecule has 24 heavy (non-hydrogen) atoms. The summed E-state index contributed by atoms with van der Waals surface area (Å²) in [7, 11) is 3.37. The molecule has 0 spiro atoms. The van der Waals surface area contributed by atoms with Gasteiger partial charge in [0.1, 0.15) is 11.5 Å². The Labute approximate surface area is 142 Å². The molecule has 1 aromatic heterocycles. The monoisotopic (exact) mass is 331 g/mol. The number of likely N-dealkylation sites (tertiary alicyclic amines) is 1. The average Bonchev–Trinajstić information content (AvgIpc) is 3.24. The standard InChI is InChI=1S/C18H25N3O3/c1-4-6-17-19-18(24-20-17)12-21-10-5-7-15(21)14-9-8-13(22-2)11-16(14)23-3/h8-9,11,15H,4-7,10,12H2,1-3H3. The van der Waals surface area contributed by atoms with E-state index in [1.807, 2.05) is 12.1 Å². The zero-order valence-corrected chi connectivity index (χ0v) is 14.6. The van der Waals surface area contributed by atoms with E-state index in [1.165, 1.54) is 5.56 Å². The van der Waals surface area contributed by atoms with E-state index in [1.54, 1.807) is 14.2 Å². The minimum atomic E-state index is 0.299. The fourth-order valence-corrected chi connectivity index (χ4v) is 3.31. The molecular formula is C18H25N3O3. The van der Waals surface area contributed by atoms with E-state index in [2.05, 4.69) is 28.0 Å². The lowest BCUT2D eigenvalue weighted by Gasteiger charge is -2.25. The summed E-state index contributed by atoms with van der Waals surface area (Å²) in [5, 5.41) is 4.05. The highest BCUT2D eigenvalue weighted by atomic mass is 16.5. The molecule has 3 rings (SSSR count). The summed E-state index contributed by atoms with van der Waals surface area (Å²) >= 11 is 0. The van der Waals surface area contributed by atoms with Gasteiger partial charge in [0.25, 0.3) is 0 Å². The van der Waals surface area contributed by atoms with Crippen LogP contribution in [-0.2, 0) is 13.0 Å². The van der Waals surface area contributed by atoms with Crippen molar-refractivity contribution in [1.29, 1.82) is 0 Å². The van der Waals surface area contributed by atoms with Gasteiger partial charge in [-0.1, -0.05) is 18.1 Å². The van der Waals surface area contributed by atoms with Gasteiger partial charge in [-0.25, -0.2) is 0 Å². The molecule has 2 aromatic rings. The predicted octanol–water partition coefficient (Wildman–Crippen LogP) is 3.38. The maximum Gasteiger partial charge on any atom is 0.240 e. The number of hydrogen-bond donors (Lipinski definition) is 0. The molecule has 0 bridgehead atoms. The Kier molecular flexibility index (Phi) is 5.35. The van der Waals surface area contributed by atoms with Crippen molar-refractivity contribution in [1.82, 2.24) is 15.0 Å². The van der Waals surface area contributed by atoms with E-state index in [-0.39, 0.29) is 0 Å². The summed E-state index contributed by atoms with van der Waals surface area (Å²) in [4.78, 5) is 6.87. The third-order valence-corrected chi connectivity index (χ3v) is 4.49. The molecule has 1 atom stereocenters. The largest absolute Gasteiger partial charge is 0.497 e. The van der Waals surface area contributed by atoms with Crippen LogP contribution in [0.5, 0.6) is 11.5 Å². The van der Waals surface area contributed by atoms with Gasteiger partial charge < -0.3 is 14.0 Å². The van der Waals surface area contributed by atoms with E-state index in [9.17, 15) is 0 Å². The van der Waals surface area contributed by atoms with Crippen molar-refractivity contribution in [3.8, 4) is 11.5 Å². The van der Waals surface area contributed by atoms with Crippen molar-refractivity contribution >= 4 is 0 Å². The van der Waals surface area contributed by atoms with Crippen LogP contribution in [0.25, 0.3) is 0 Å². The third-order valence-electron chi connectivity index (χ3n) is 4.49. The molecule has 2 heterocycles. The van der Waals surface area contributed by atoms with Gasteiger partial charge in [0.15, 0.2) is 5.82 Å². The Hall–Kier alpha value is -2.08. The van der Waals surface area contributed by atoms with Crippen molar-refractivity contribution in [3.05, 3.63) is 35.5 Å². The van der Waals surface area contributed by atoms with Crippen LogP contribution in [-0.4, -0.2) is 35.8 Å². The van der Waals surface area contributed by atoms with Crippen molar-refractivity contribution < 1.29 is 14.0 Å². The van der Waals surface area contributed by atoms with Crippen molar-refractivity contribution in [2.24, 2.45) is 0 Å². The summed E-state index contributed by atoms with van der Waals surface area (Å²) in [5.74, 6) is 3.16. The van der Waals surface area contributed by atoms with Crippen LogP contribution in [0.3, 0.4) is 0 Å². The highest BCUT2D eigenvalue weighted by Gasteiger charge is 2.29. The minimum absolute atomic E-state index is 0.299. The summed E-state index contributed by atoms with van der Waals surface area (Å²) < 4.78 is 16.3. The first-order chi connectivity index (χ1) is 11.7. The van der Waals surface area contributed by atoms with Crippen molar-refractivity contribution in [3.63, 3.8) is 0 Å². The van der Waals surface area contributed by atoms with Gasteiger partial charge in [-0.2, -0.15) is 4.98 Å². The van der Waals surface area contributed by atoms with Crippen molar-refractivity contribution in [2.45, 2.75) is 45.2 Å². The van der Waals surface area contributed by atoms with Crippen LogP contribution in [0.1, 0.15) is 49.5 Å². The maximum absolute atomic E-state index is 5.58. The lowest BCUT2D eigenvalue weighted by atomic mass is 10.0. The molecule has 0 amide bonds. The molecule has 1 unspecified atom stereocenters. The Morgan fingerprint density at radius 1 is 1.29 bits per heavy atom. The van der Waals surface area contributed by atoms with Gasteiger partial charge in [-0.15, -0.1) is 0 Å². The topological polar surface area (TPSA) is 60.6 Å². The van der Waals surface area contributed by atoms with Crippen molar-refractivity contribution in [2.75, 3.05) is 20.8 Å². The normalized spacial score (nSPS) is 18.0. The van der Waals surface area contributed by atoms with Crippen LogP contribution in [0.4, 0.5) is 0 Å². The van der Waals surface area contributed by atoms with Gasteiger partial charge >= 0.3 is 0 Å². The summed E-state index contributed by atoms with van der Waals surface area (Å²) in [6.45, 7) is 3.81. The van der Waals surface area contributed by atoms with Crippen LogP contribution in [0, 0.1) is 0 Å². The molecule has 0 saturated carbocycles. The number of methoxy groups -OCH3 is 2. The summed E-state index contributed by atoms with van der Waals surface area (Å²) in [5.41, 5.74) is 1.18. The highest BCUT2D eigenvalue weighted by molar-refractivity contribution is 5.42. The molecule has 1 aromatic carbocycles. The number of rotatable bonds is 7. The lowest BCUT2D eigenvalue weighted by molar-refractivity contribution is 0.209. The van der Waals surface area contributed by atoms with Gasteiger partial charge in [0.2, 0.25) is 5.89 Å². The van der Waals surface area contributed by atoms with Crippen LogP contribution in [0.2, 0.25) is 0 Å². The molecule has 1 saturated heterocycles. The molecule has 1 aliphatic rings.